The van der Waals surface area contributed by atoms with Gasteiger partial charge in [-0.05, 0) is 49.0 Å². The van der Waals surface area contributed by atoms with Gasteiger partial charge in [-0.1, -0.05) is 23.8 Å². The van der Waals surface area contributed by atoms with Crippen molar-refractivity contribution in [3.63, 3.8) is 0 Å². The van der Waals surface area contributed by atoms with Gasteiger partial charge in [0.1, 0.15) is 0 Å². The molecule has 0 spiro atoms. The molecule has 0 radical (unpaired) electrons. The van der Waals surface area contributed by atoms with Crippen molar-refractivity contribution >= 4 is 23.0 Å². The van der Waals surface area contributed by atoms with Gasteiger partial charge in [-0.3, -0.25) is 4.90 Å². The van der Waals surface area contributed by atoms with E-state index in [0.29, 0.717) is 11.7 Å². The molecule has 2 aromatic carbocycles. The number of ether oxygens (including phenoxy) is 3. The Balaban J connectivity index is 1.72. The topological polar surface area (TPSA) is 46.2 Å². The van der Waals surface area contributed by atoms with E-state index >= 15 is 0 Å². The molecular formula is C23H31N3O3S. The van der Waals surface area contributed by atoms with Crippen LogP contribution in [0.3, 0.4) is 0 Å². The summed E-state index contributed by atoms with van der Waals surface area (Å²) in [6.45, 7) is 8.03. The molecule has 0 amide bonds. The minimum atomic E-state index is 0.683. The molecule has 162 valence electrons. The predicted molar refractivity (Wildman–Crippen MR) is 125 cm³/mol. The highest BCUT2D eigenvalue weighted by molar-refractivity contribution is 7.80. The zero-order chi connectivity index (χ0) is 21.3. The number of methoxy groups -OCH3 is 2. The molecule has 0 bridgehead atoms. The van der Waals surface area contributed by atoms with Crippen LogP contribution in [-0.2, 0) is 11.3 Å². The van der Waals surface area contributed by atoms with E-state index in [1.807, 2.05) is 12.1 Å². The highest BCUT2D eigenvalue weighted by Gasteiger charge is 2.16. The van der Waals surface area contributed by atoms with Crippen LogP contribution in [0.2, 0.25) is 0 Å². The molecule has 6 nitrogen and oxygen atoms in total. The SMILES string of the molecule is COc1ccc(CN(CCN2CCOCC2)C(=S)Nc2ccc(C)cc2)cc1OC. The number of rotatable bonds is 8. The van der Waals surface area contributed by atoms with E-state index < -0.39 is 0 Å². The number of anilines is 1. The van der Waals surface area contributed by atoms with Crippen LogP contribution in [0.15, 0.2) is 42.5 Å². The maximum atomic E-state index is 5.78. The van der Waals surface area contributed by atoms with Crippen LogP contribution in [0.25, 0.3) is 0 Å². The fraction of sp³-hybridized carbons (Fsp3) is 0.435. The predicted octanol–water partition coefficient (Wildman–Crippen LogP) is 3.54. The van der Waals surface area contributed by atoms with Gasteiger partial charge < -0.3 is 24.4 Å². The zero-order valence-electron chi connectivity index (χ0n) is 18.0. The van der Waals surface area contributed by atoms with E-state index in [4.69, 9.17) is 26.4 Å². The second-order valence-corrected chi connectivity index (χ2v) is 7.75. The van der Waals surface area contributed by atoms with Gasteiger partial charge in [-0.15, -0.1) is 0 Å². The number of hydrogen-bond acceptors (Lipinski definition) is 5. The molecule has 3 rings (SSSR count). The zero-order valence-corrected chi connectivity index (χ0v) is 18.8. The van der Waals surface area contributed by atoms with Crippen LogP contribution in [0.1, 0.15) is 11.1 Å². The first-order valence-electron chi connectivity index (χ1n) is 10.2. The number of thiocarbonyl (C=S) groups is 1. The number of morpholine rings is 1. The standard InChI is InChI=1S/C23H31N3O3S/c1-18-4-7-20(8-5-18)24-23(30)26(11-10-25-12-14-29-15-13-25)17-19-6-9-21(27-2)22(16-19)28-3/h4-9,16H,10-15,17H2,1-3H3,(H,24,30). The summed E-state index contributed by atoms with van der Waals surface area (Å²) < 4.78 is 16.3. The smallest absolute Gasteiger partial charge is 0.173 e. The Morgan fingerprint density at radius 3 is 2.43 bits per heavy atom. The molecule has 0 saturated carbocycles. The van der Waals surface area contributed by atoms with Gasteiger partial charge in [0.2, 0.25) is 0 Å². The maximum absolute atomic E-state index is 5.78. The molecule has 0 atom stereocenters. The van der Waals surface area contributed by atoms with E-state index in [-0.39, 0.29) is 0 Å². The van der Waals surface area contributed by atoms with Gasteiger partial charge in [0.15, 0.2) is 16.6 Å². The lowest BCUT2D eigenvalue weighted by atomic mass is 10.2. The average molecular weight is 430 g/mol. The third-order valence-electron chi connectivity index (χ3n) is 5.20. The lowest BCUT2D eigenvalue weighted by molar-refractivity contribution is 0.0358. The summed E-state index contributed by atoms with van der Waals surface area (Å²) in [6.07, 6.45) is 0. The van der Waals surface area contributed by atoms with Crippen molar-refractivity contribution in [2.45, 2.75) is 13.5 Å². The molecule has 0 unspecified atom stereocenters. The lowest BCUT2D eigenvalue weighted by Crippen LogP contribution is -2.43. The molecule has 1 aliphatic rings. The number of benzene rings is 2. The summed E-state index contributed by atoms with van der Waals surface area (Å²) in [6, 6.07) is 14.3. The van der Waals surface area contributed by atoms with Gasteiger partial charge in [-0.2, -0.15) is 0 Å². The molecule has 2 aromatic rings. The second kappa shape index (κ2) is 11.2. The maximum Gasteiger partial charge on any atom is 0.173 e. The van der Waals surface area contributed by atoms with Crippen LogP contribution in [0, 0.1) is 6.92 Å². The number of aryl methyl sites for hydroxylation is 1. The minimum Gasteiger partial charge on any atom is -0.493 e. The van der Waals surface area contributed by atoms with Gasteiger partial charge >= 0.3 is 0 Å². The van der Waals surface area contributed by atoms with Crippen LogP contribution in [0.4, 0.5) is 5.69 Å². The third-order valence-corrected chi connectivity index (χ3v) is 5.56. The van der Waals surface area contributed by atoms with E-state index in [1.54, 1.807) is 14.2 Å². The van der Waals surface area contributed by atoms with Crippen molar-refractivity contribution in [2.75, 3.05) is 58.9 Å². The fourth-order valence-corrected chi connectivity index (χ4v) is 3.65. The van der Waals surface area contributed by atoms with Crippen molar-refractivity contribution in [1.82, 2.24) is 9.80 Å². The summed E-state index contributed by atoms with van der Waals surface area (Å²) in [5.41, 5.74) is 3.33. The first-order chi connectivity index (χ1) is 14.6. The second-order valence-electron chi connectivity index (χ2n) is 7.36. The molecule has 0 aromatic heterocycles. The Bertz CT molecular complexity index is 823. The van der Waals surface area contributed by atoms with Crippen molar-refractivity contribution in [2.24, 2.45) is 0 Å². The highest BCUT2D eigenvalue weighted by atomic mass is 32.1. The number of nitrogens with one attached hydrogen (secondary N) is 1. The number of hydrogen-bond donors (Lipinski definition) is 1. The average Bonchev–Trinajstić information content (AvgIpc) is 2.78. The van der Waals surface area contributed by atoms with Gasteiger partial charge in [0.05, 0.1) is 27.4 Å². The Morgan fingerprint density at radius 2 is 1.77 bits per heavy atom. The Morgan fingerprint density at radius 1 is 1.07 bits per heavy atom. The third kappa shape index (κ3) is 6.32. The van der Waals surface area contributed by atoms with Crippen LogP contribution >= 0.6 is 12.2 Å². The summed E-state index contributed by atoms with van der Waals surface area (Å²) >= 11 is 5.78. The Kier molecular flexibility index (Phi) is 8.30. The molecule has 1 heterocycles. The first-order valence-corrected chi connectivity index (χ1v) is 10.6. The van der Waals surface area contributed by atoms with Crippen LogP contribution in [0.5, 0.6) is 11.5 Å². The summed E-state index contributed by atoms with van der Waals surface area (Å²) in [4.78, 5) is 4.62. The van der Waals surface area contributed by atoms with E-state index in [9.17, 15) is 0 Å². The summed E-state index contributed by atoms with van der Waals surface area (Å²) in [5.74, 6) is 1.45. The van der Waals surface area contributed by atoms with E-state index in [1.165, 1.54) is 5.56 Å². The highest BCUT2D eigenvalue weighted by Crippen LogP contribution is 2.28. The van der Waals surface area contributed by atoms with Crippen molar-refractivity contribution in [3.8, 4) is 11.5 Å². The van der Waals surface area contributed by atoms with Crippen molar-refractivity contribution in [1.29, 1.82) is 0 Å². The lowest BCUT2D eigenvalue weighted by Gasteiger charge is -2.31. The molecule has 1 aliphatic heterocycles. The Labute approximate surface area is 184 Å². The monoisotopic (exact) mass is 429 g/mol. The molecular weight excluding hydrogens is 398 g/mol. The summed E-state index contributed by atoms with van der Waals surface area (Å²) in [5, 5.41) is 4.10. The normalized spacial score (nSPS) is 14.2. The Hall–Kier alpha value is -2.35. The number of nitrogens with zero attached hydrogens (tertiary/aromatic N) is 2. The molecule has 1 fully saturated rings. The summed E-state index contributed by atoms with van der Waals surface area (Å²) in [7, 11) is 3.30. The molecule has 1 N–H and O–H groups in total. The quantitative estimate of drug-likeness (QED) is 0.644. The fourth-order valence-electron chi connectivity index (χ4n) is 3.38. The van der Waals surface area contributed by atoms with Crippen molar-refractivity contribution in [3.05, 3.63) is 53.6 Å². The largest absolute Gasteiger partial charge is 0.493 e. The molecule has 30 heavy (non-hydrogen) atoms. The van der Waals surface area contributed by atoms with Gasteiger partial charge in [0, 0.05) is 38.4 Å². The van der Waals surface area contributed by atoms with E-state index in [2.05, 4.69) is 52.4 Å². The van der Waals surface area contributed by atoms with Gasteiger partial charge in [0.25, 0.3) is 0 Å². The molecule has 7 heteroatoms. The van der Waals surface area contributed by atoms with Gasteiger partial charge in [-0.25, -0.2) is 0 Å². The van der Waals surface area contributed by atoms with Crippen LogP contribution < -0.4 is 14.8 Å². The molecule has 1 saturated heterocycles. The molecule has 0 aliphatic carbocycles. The van der Waals surface area contributed by atoms with Crippen LogP contribution in [-0.4, -0.2) is 68.5 Å². The van der Waals surface area contributed by atoms with Crippen molar-refractivity contribution < 1.29 is 14.2 Å². The minimum absolute atomic E-state index is 0.683. The first kappa shape index (κ1) is 22.3. The van der Waals surface area contributed by atoms with E-state index in [0.717, 1.165) is 62.1 Å².